The molecule has 0 aromatic rings. The first-order chi connectivity index (χ1) is 10.1. The van der Waals surface area contributed by atoms with Gasteiger partial charge in [-0.3, -0.25) is 4.79 Å². The maximum absolute atomic E-state index is 12.9. The molecule has 3 aliphatic carbocycles. The number of hydrogen-bond donors (Lipinski definition) is 2. The van der Waals surface area contributed by atoms with Crippen LogP contribution in [0.25, 0.3) is 0 Å². The molecule has 5 nitrogen and oxygen atoms in total. The minimum Gasteiger partial charge on any atom is -0.478 e. The number of carbonyl (C=O) groups excluding carboxylic acids is 1. The Morgan fingerprint density at radius 3 is 2.64 bits per heavy atom. The molecule has 2 N–H and O–H groups in total. The van der Waals surface area contributed by atoms with Crippen LogP contribution in [-0.2, 0) is 14.3 Å². The minimum absolute atomic E-state index is 0.0823. The Labute approximate surface area is 129 Å². The summed E-state index contributed by atoms with van der Waals surface area (Å²) in [5.74, 6) is -2.26. The average Bonchev–Trinajstić information content (AvgIpc) is 2.53. The Hall–Kier alpha value is -1.46. The van der Waals surface area contributed by atoms with Gasteiger partial charge in [0.1, 0.15) is 5.60 Å². The highest BCUT2D eigenvalue weighted by molar-refractivity contribution is 6.03. The van der Waals surface area contributed by atoms with E-state index in [2.05, 4.69) is 0 Å². The summed E-state index contributed by atoms with van der Waals surface area (Å²) in [5, 5.41) is 20.9. The van der Waals surface area contributed by atoms with Gasteiger partial charge in [-0.15, -0.1) is 0 Å². The van der Waals surface area contributed by atoms with E-state index >= 15 is 0 Å². The number of Topliss-reactive ketones (excluding diaryl/α,β-unsaturated/α-hetero) is 1. The van der Waals surface area contributed by atoms with E-state index in [1.165, 1.54) is 6.08 Å². The van der Waals surface area contributed by atoms with Crippen LogP contribution in [-0.4, -0.2) is 38.8 Å². The smallest absolute Gasteiger partial charge is 0.334 e. The van der Waals surface area contributed by atoms with Crippen LogP contribution >= 0.6 is 0 Å². The Balaban J connectivity index is 2.24. The van der Waals surface area contributed by atoms with E-state index in [0.29, 0.717) is 6.42 Å². The quantitative estimate of drug-likeness (QED) is 0.777. The zero-order chi connectivity index (χ0) is 16.5. The van der Waals surface area contributed by atoms with E-state index in [1.54, 1.807) is 0 Å². The maximum atomic E-state index is 12.9. The zero-order valence-electron chi connectivity index (χ0n) is 13.3. The van der Waals surface area contributed by atoms with E-state index < -0.39 is 34.6 Å². The number of carbonyl (C=O) groups is 2. The lowest BCUT2D eigenvalue weighted by atomic mass is 9.53. The van der Waals surface area contributed by atoms with Crippen LogP contribution in [0.4, 0.5) is 0 Å². The van der Waals surface area contributed by atoms with Crippen LogP contribution in [0, 0.1) is 11.8 Å². The third-order valence-corrected chi connectivity index (χ3v) is 5.43. The van der Waals surface area contributed by atoms with Crippen LogP contribution in [0.15, 0.2) is 23.3 Å². The van der Waals surface area contributed by atoms with Crippen LogP contribution in [0.5, 0.6) is 0 Å². The number of rotatable bonds is 3. The Morgan fingerprint density at radius 1 is 1.45 bits per heavy atom. The highest BCUT2D eigenvalue weighted by atomic mass is 16.6. The van der Waals surface area contributed by atoms with Gasteiger partial charge in [0, 0.05) is 18.3 Å². The van der Waals surface area contributed by atoms with Crippen molar-refractivity contribution in [3.05, 3.63) is 23.3 Å². The molecule has 1 heterocycles. The average molecular weight is 306 g/mol. The lowest BCUT2D eigenvalue weighted by Crippen LogP contribution is -2.68. The van der Waals surface area contributed by atoms with Gasteiger partial charge in [0.25, 0.3) is 0 Å². The first-order valence-electron chi connectivity index (χ1n) is 7.62. The molecule has 0 spiro atoms. The van der Waals surface area contributed by atoms with Crippen molar-refractivity contribution in [2.24, 2.45) is 11.8 Å². The molecule has 0 radical (unpaired) electrons. The number of aliphatic carboxylic acids is 1. The van der Waals surface area contributed by atoms with Gasteiger partial charge in [0.2, 0.25) is 0 Å². The maximum Gasteiger partial charge on any atom is 0.334 e. The molecule has 1 aliphatic heterocycles. The summed E-state index contributed by atoms with van der Waals surface area (Å²) >= 11 is 0. The molecular weight excluding hydrogens is 284 g/mol. The summed E-state index contributed by atoms with van der Waals surface area (Å²) in [6, 6.07) is 0. The minimum atomic E-state index is -1.76. The third kappa shape index (κ3) is 1.61. The summed E-state index contributed by atoms with van der Waals surface area (Å²) in [5.41, 5.74) is -3.08. The number of carboxylic acids is 1. The van der Waals surface area contributed by atoms with Gasteiger partial charge < -0.3 is 14.9 Å². The summed E-state index contributed by atoms with van der Waals surface area (Å²) < 4.78 is 6.09. The van der Waals surface area contributed by atoms with Gasteiger partial charge >= 0.3 is 5.97 Å². The topological polar surface area (TPSA) is 83.8 Å². The van der Waals surface area contributed by atoms with Crippen LogP contribution in [0.3, 0.4) is 0 Å². The fourth-order valence-electron chi connectivity index (χ4n) is 4.49. The highest BCUT2D eigenvalue weighted by Crippen LogP contribution is 2.64. The molecule has 5 heteroatoms. The number of allylic oxidation sites excluding steroid dienone is 2. The normalized spacial score (nSPS) is 41.3. The number of hydrogen-bond acceptors (Lipinski definition) is 4. The summed E-state index contributed by atoms with van der Waals surface area (Å²) in [7, 11) is 0. The molecule has 1 saturated heterocycles. The molecule has 0 amide bonds. The fourth-order valence-corrected chi connectivity index (χ4v) is 4.49. The lowest BCUT2D eigenvalue weighted by Gasteiger charge is -2.51. The van der Waals surface area contributed by atoms with Crippen LogP contribution in [0.1, 0.15) is 40.5 Å². The van der Waals surface area contributed by atoms with Crippen molar-refractivity contribution in [3.8, 4) is 0 Å². The summed E-state index contributed by atoms with van der Waals surface area (Å²) in [6.45, 7) is 7.45. The molecule has 0 aromatic carbocycles. The summed E-state index contributed by atoms with van der Waals surface area (Å²) in [4.78, 5) is 24.5. The van der Waals surface area contributed by atoms with Crippen molar-refractivity contribution in [2.45, 2.75) is 57.3 Å². The molecule has 0 aromatic heterocycles. The van der Waals surface area contributed by atoms with Crippen LogP contribution in [0.2, 0.25) is 0 Å². The van der Waals surface area contributed by atoms with Gasteiger partial charge in [-0.1, -0.05) is 17.7 Å². The van der Waals surface area contributed by atoms with Gasteiger partial charge in [0.15, 0.2) is 11.4 Å². The first kappa shape index (κ1) is 15.4. The molecule has 4 atom stereocenters. The van der Waals surface area contributed by atoms with E-state index in [4.69, 9.17) is 4.74 Å². The summed E-state index contributed by atoms with van der Waals surface area (Å²) in [6.07, 6.45) is 3.91. The molecule has 4 bridgehead atoms. The molecule has 120 valence electrons. The highest BCUT2D eigenvalue weighted by Gasteiger charge is 2.78. The zero-order valence-corrected chi connectivity index (χ0v) is 13.3. The number of aliphatic hydroxyl groups is 1. The molecular formula is C17H22O5. The predicted molar refractivity (Wildman–Crippen MR) is 79.2 cm³/mol. The van der Waals surface area contributed by atoms with Crippen molar-refractivity contribution >= 4 is 11.8 Å². The molecule has 22 heavy (non-hydrogen) atoms. The van der Waals surface area contributed by atoms with Gasteiger partial charge in [-0.2, -0.15) is 0 Å². The number of ketones is 1. The van der Waals surface area contributed by atoms with Gasteiger partial charge in [0.05, 0.1) is 11.2 Å². The van der Waals surface area contributed by atoms with E-state index in [9.17, 15) is 19.8 Å². The second-order valence-corrected chi connectivity index (χ2v) is 7.43. The van der Waals surface area contributed by atoms with Crippen molar-refractivity contribution in [1.82, 2.24) is 0 Å². The van der Waals surface area contributed by atoms with Crippen LogP contribution < -0.4 is 0 Å². The van der Waals surface area contributed by atoms with Crippen molar-refractivity contribution < 1.29 is 24.5 Å². The predicted octanol–water partition coefficient (Wildman–Crippen LogP) is 1.85. The van der Waals surface area contributed by atoms with E-state index in [-0.39, 0.29) is 17.8 Å². The SMILES string of the molecule is CC(C)=CC[C@]12OC(C)(C)[C@@H]3C[C@@H](C=C(C(=O)O)[C@@]31O)C2=O. The monoisotopic (exact) mass is 306 g/mol. The Kier molecular flexibility index (Phi) is 3.01. The van der Waals surface area contributed by atoms with Crippen molar-refractivity contribution in [1.29, 1.82) is 0 Å². The molecule has 2 fully saturated rings. The van der Waals surface area contributed by atoms with Crippen molar-refractivity contribution in [3.63, 3.8) is 0 Å². The van der Waals surface area contributed by atoms with E-state index in [0.717, 1.165) is 5.57 Å². The van der Waals surface area contributed by atoms with E-state index in [1.807, 2.05) is 33.8 Å². The van der Waals surface area contributed by atoms with Gasteiger partial charge in [-0.25, -0.2) is 4.79 Å². The largest absolute Gasteiger partial charge is 0.478 e. The van der Waals surface area contributed by atoms with Crippen molar-refractivity contribution in [2.75, 3.05) is 0 Å². The second-order valence-electron chi connectivity index (χ2n) is 7.43. The fraction of sp³-hybridized carbons (Fsp3) is 0.647. The number of ether oxygens (including phenoxy) is 1. The van der Waals surface area contributed by atoms with Gasteiger partial charge in [-0.05, 0) is 34.1 Å². The Morgan fingerprint density at radius 2 is 2.09 bits per heavy atom. The lowest BCUT2D eigenvalue weighted by molar-refractivity contribution is -0.178. The molecule has 0 unspecified atom stereocenters. The molecule has 4 rings (SSSR count). The number of carboxylic acid groups (broad SMARTS) is 1. The second kappa shape index (κ2) is 4.30. The molecule has 4 aliphatic rings. The molecule has 1 saturated carbocycles. The third-order valence-electron chi connectivity index (χ3n) is 5.43. The standard InChI is InChI=1S/C17H22O5/c1-9(2)5-6-16-13(18)10-7-11(14(19)20)17(16,21)12(8-10)15(3,4)22-16/h5,7,10,12,21H,6,8H2,1-4H3,(H,19,20)/t10-,12+,16-,17-/m1/s1. The first-order valence-corrected chi connectivity index (χ1v) is 7.62. The Bertz CT molecular complexity index is 625.